The summed E-state index contributed by atoms with van der Waals surface area (Å²) in [6, 6.07) is 5.45. The van der Waals surface area contributed by atoms with Crippen LogP contribution in [-0.4, -0.2) is 41.1 Å². The Morgan fingerprint density at radius 2 is 2.03 bits per heavy atom. The Morgan fingerprint density at radius 1 is 1.23 bits per heavy atom. The van der Waals surface area contributed by atoms with Gasteiger partial charge in [-0.05, 0) is 37.1 Å². The van der Waals surface area contributed by atoms with Gasteiger partial charge in [0.15, 0.2) is 0 Å². The second kappa shape index (κ2) is 9.08. The Hall–Kier alpha value is -2.26. The molecule has 2 aliphatic heterocycles. The molecule has 31 heavy (non-hydrogen) atoms. The van der Waals surface area contributed by atoms with Gasteiger partial charge in [0.25, 0.3) is 5.56 Å². The lowest BCUT2D eigenvalue weighted by Crippen LogP contribution is -2.36. The van der Waals surface area contributed by atoms with Crippen LogP contribution < -0.4 is 16.3 Å². The summed E-state index contributed by atoms with van der Waals surface area (Å²) < 4.78 is 7.57. The normalized spacial score (nSPS) is 21.5. The fraction of sp³-hybridized carbons (Fsp3) is 0.429. The Labute approximate surface area is 189 Å². The van der Waals surface area contributed by atoms with Crippen LogP contribution in [0.3, 0.4) is 0 Å². The highest BCUT2D eigenvalue weighted by Gasteiger charge is 2.29. The maximum absolute atomic E-state index is 13.3. The Morgan fingerprint density at radius 3 is 2.74 bits per heavy atom. The molecule has 3 heterocycles. The van der Waals surface area contributed by atoms with Gasteiger partial charge >= 0.3 is 0 Å². The van der Waals surface area contributed by atoms with Gasteiger partial charge in [-0.3, -0.25) is 9.59 Å². The smallest absolute Gasteiger partial charge is 0.276 e. The first kappa shape index (κ1) is 22.0. The molecule has 2 atom stereocenters. The molecule has 0 aliphatic carbocycles. The predicted octanol–water partition coefficient (Wildman–Crippen LogP) is 2.37. The van der Waals surface area contributed by atoms with E-state index in [0.29, 0.717) is 53.3 Å². The number of aryl methyl sites for hydroxylation is 1. The molecule has 0 spiro atoms. The molecule has 2 aromatic rings. The lowest BCUT2D eigenvalue weighted by atomic mass is 9.95. The van der Waals surface area contributed by atoms with Gasteiger partial charge in [0.1, 0.15) is 0 Å². The number of hydrazone groups is 1. The number of aromatic nitrogens is 2. The van der Waals surface area contributed by atoms with Gasteiger partial charge in [-0.2, -0.15) is 10.2 Å². The van der Waals surface area contributed by atoms with Gasteiger partial charge in [0.2, 0.25) is 5.91 Å². The number of hydrogen-bond donors (Lipinski definition) is 2. The SMILES string of the molecule is Cc1nn(C[C@@H]2CNCCO[C@H]2c2ccc(Cl)c(Cl)c2)c(=O)c(C2=NNC(=O)C2)c1C. The second-order valence-corrected chi connectivity index (χ2v) is 8.59. The topological polar surface area (TPSA) is 97.6 Å². The van der Waals surface area contributed by atoms with Gasteiger partial charge < -0.3 is 10.1 Å². The molecule has 1 aromatic heterocycles. The summed E-state index contributed by atoms with van der Waals surface area (Å²) >= 11 is 12.3. The first-order chi connectivity index (χ1) is 14.8. The summed E-state index contributed by atoms with van der Waals surface area (Å²) in [6.07, 6.45) is -0.199. The van der Waals surface area contributed by atoms with Crippen molar-refractivity contribution in [1.29, 1.82) is 0 Å². The van der Waals surface area contributed by atoms with E-state index >= 15 is 0 Å². The van der Waals surface area contributed by atoms with Crippen molar-refractivity contribution in [3.63, 3.8) is 0 Å². The van der Waals surface area contributed by atoms with E-state index in [-0.39, 0.29) is 29.9 Å². The monoisotopic (exact) mass is 463 g/mol. The summed E-state index contributed by atoms with van der Waals surface area (Å²) in [7, 11) is 0. The molecule has 0 bridgehead atoms. The molecule has 2 N–H and O–H groups in total. The van der Waals surface area contributed by atoms with E-state index in [1.54, 1.807) is 12.1 Å². The molecule has 164 valence electrons. The molecular weight excluding hydrogens is 441 g/mol. The van der Waals surface area contributed by atoms with Crippen LogP contribution in [-0.2, 0) is 16.1 Å². The Kier molecular flexibility index (Phi) is 6.43. The van der Waals surface area contributed by atoms with Crippen LogP contribution in [0.15, 0.2) is 28.1 Å². The minimum Gasteiger partial charge on any atom is -0.372 e. The Balaban J connectivity index is 1.70. The number of ether oxygens (including phenoxy) is 1. The molecule has 0 radical (unpaired) electrons. The molecule has 8 nitrogen and oxygen atoms in total. The largest absolute Gasteiger partial charge is 0.372 e. The first-order valence-electron chi connectivity index (χ1n) is 10.1. The highest BCUT2D eigenvalue weighted by atomic mass is 35.5. The minimum absolute atomic E-state index is 0.0785. The van der Waals surface area contributed by atoms with E-state index in [9.17, 15) is 9.59 Å². The van der Waals surface area contributed by atoms with E-state index in [2.05, 4.69) is 20.9 Å². The van der Waals surface area contributed by atoms with E-state index in [1.807, 2.05) is 19.9 Å². The molecule has 0 saturated carbocycles. The molecule has 1 aromatic carbocycles. The van der Waals surface area contributed by atoms with Crippen molar-refractivity contribution in [3.05, 3.63) is 61.0 Å². The highest BCUT2D eigenvalue weighted by Crippen LogP contribution is 2.32. The molecule has 1 fully saturated rings. The fourth-order valence-corrected chi connectivity index (χ4v) is 4.28. The van der Waals surface area contributed by atoms with Gasteiger partial charge in [0.05, 0.1) is 52.7 Å². The van der Waals surface area contributed by atoms with Crippen LogP contribution in [0.5, 0.6) is 0 Å². The van der Waals surface area contributed by atoms with Gasteiger partial charge in [-0.25, -0.2) is 10.1 Å². The zero-order valence-corrected chi connectivity index (χ0v) is 18.8. The summed E-state index contributed by atoms with van der Waals surface area (Å²) in [5.41, 5.74) is 5.37. The molecule has 1 saturated heterocycles. The molecule has 0 unspecified atom stereocenters. The van der Waals surface area contributed by atoms with Crippen LogP contribution in [0.25, 0.3) is 0 Å². The van der Waals surface area contributed by atoms with Gasteiger partial charge in [-0.15, -0.1) is 0 Å². The molecule has 1 amide bonds. The number of halogens is 2. The lowest BCUT2D eigenvalue weighted by molar-refractivity contribution is -0.119. The predicted molar refractivity (Wildman–Crippen MR) is 119 cm³/mol. The second-order valence-electron chi connectivity index (χ2n) is 7.77. The van der Waals surface area contributed by atoms with Crippen molar-refractivity contribution in [2.24, 2.45) is 11.0 Å². The molecular formula is C21H23Cl2N5O3. The summed E-state index contributed by atoms with van der Waals surface area (Å²) in [6.45, 7) is 5.88. The average Bonchev–Trinajstić information content (AvgIpc) is 3.02. The quantitative estimate of drug-likeness (QED) is 0.724. The zero-order valence-electron chi connectivity index (χ0n) is 17.2. The van der Waals surface area contributed by atoms with Gasteiger partial charge in [0, 0.05) is 19.0 Å². The van der Waals surface area contributed by atoms with E-state index in [0.717, 1.165) is 11.1 Å². The number of amides is 1. The minimum atomic E-state index is -0.282. The zero-order chi connectivity index (χ0) is 22.1. The third kappa shape index (κ3) is 4.52. The maximum atomic E-state index is 13.3. The first-order valence-corrected chi connectivity index (χ1v) is 10.8. The summed E-state index contributed by atoms with van der Waals surface area (Å²) in [5, 5.41) is 12.9. The number of nitrogens with zero attached hydrogens (tertiary/aromatic N) is 3. The number of carbonyl (C=O) groups excluding carboxylic acids is 1. The third-order valence-electron chi connectivity index (χ3n) is 5.66. The van der Waals surface area contributed by atoms with Crippen molar-refractivity contribution >= 4 is 34.8 Å². The number of nitrogens with one attached hydrogen (secondary N) is 2. The van der Waals surface area contributed by atoms with Crippen LogP contribution >= 0.6 is 23.2 Å². The van der Waals surface area contributed by atoms with Crippen molar-refractivity contribution in [3.8, 4) is 0 Å². The summed E-state index contributed by atoms with van der Waals surface area (Å²) in [5.74, 6) is -0.305. The number of hydrogen-bond acceptors (Lipinski definition) is 6. The van der Waals surface area contributed by atoms with Crippen molar-refractivity contribution in [1.82, 2.24) is 20.5 Å². The maximum Gasteiger partial charge on any atom is 0.276 e. The standard InChI is InChI=1S/C21H23Cl2N5O3/c1-11-12(2)27-28(21(30)19(11)17-8-18(29)26-25-17)10-14-9-24-5-6-31-20(14)13-3-4-15(22)16(23)7-13/h3-4,7,14,20,24H,5-6,8-10H2,1-2H3,(H,26,29)/t14-,20-/m0/s1. The van der Waals surface area contributed by atoms with E-state index in [1.165, 1.54) is 4.68 Å². The van der Waals surface area contributed by atoms with E-state index in [4.69, 9.17) is 27.9 Å². The van der Waals surface area contributed by atoms with Crippen LogP contribution in [0.4, 0.5) is 0 Å². The van der Waals surface area contributed by atoms with Crippen LogP contribution in [0, 0.1) is 19.8 Å². The summed E-state index contributed by atoms with van der Waals surface area (Å²) in [4.78, 5) is 24.9. The number of benzene rings is 1. The average molecular weight is 464 g/mol. The van der Waals surface area contributed by atoms with E-state index < -0.39 is 0 Å². The molecule has 4 rings (SSSR count). The van der Waals surface area contributed by atoms with Crippen molar-refractivity contribution in [2.75, 3.05) is 19.7 Å². The number of carbonyl (C=O) groups is 1. The lowest BCUT2D eigenvalue weighted by Gasteiger charge is -2.26. The van der Waals surface area contributed by atoms with Gasteiger partial charge in [-0.1, -0.05) is 29.3 Å². The molecule has 2 aliphatic rings. The highest BCUT2D eigenvalue weighted by molar-refractivity contribution is 6.42. The van der Waals surface area contributed by atoms with Crippen LogP contribution in [0.2, 0.25) is 10.0 Å². The number of rotatable bonds is 4. The molecule has 10 heteroatoms. The fourth-order valence-electron chi connectivity index (χ4n) is 3.97. The van der Waals surface area contributed by atoms with Crippen molar-refractivity contribution < 1.29 is 9.53 Å². The van der Waals surface area contributed by atoms with Crippen molar-refractivity contribution in [2.45, 2.75) is 32.9 Å². The Bertz CT molecular complexity index is 1110. The third-order valence-corrected chi connectivity index (χ3v) is 6.40. The van der Waals surface area contributed by atoms with Crippen LogP contribution in [0.1, 0.15) is 34.9 Å².